The third-order valence-electron chi connectivity index (χ3n) is 4.48. The molecule has 3 rings (SSSR count). The first kappa shape index (κ1) is 20.3. The van der Waals surface area contributed by atoms with Gasteiger partial charge >= 0.3 is 6.61 Å². The number of nitrogens with one attached hydrogen (secondary N) is 2. The molecule has 1 heterocycles. The van der Waals surface area contributed by atoms with E-state index in [4.69, 9.17) is 0 Å². The average molecular weight is 411 g/mol. The van der Waals surface area contributed by atoms with Gasteiger partial charge in [-0.3, -0.25) is 4.72 Å². The minimum Gasteiger partial charge on any atom is -0.435 e. The molecule has 0 bridgehead atoms. The molecule has 0 amide bonds. The number of alkyl halides is 2. The molecule has 0 aromatic heterocycles. The van der Waals surface area contributed by atoms with Crippen molar-refractivity contribution < 1.29 is 21.9 Å². The minimum absolute atomic E-state index is 0.147. The molecule has 1 aliphatic rings. The monoisotopic (exact) mass is 411 g/mol. The lowest BCUT2D eigenvalue weighted by Crippen LogP contribution is -2.28. The van der Waals surface area contributed by atoms with Crippen LogP contribution in [0.5, 0.6) is 5.75 Å². The van der Waals surface area contributed by atoms with E-state index in [-0.39, 0.29) is 10.6 Å². The Bertz CT molecular complexity index is 914. The highest BCUT2D eigenvalue weighted by molar-refractivity contribution is 7.92. The molecule has 1 saturated heterocycles. The minimum atomic E-state index is -3.94. The van der Waals surface area contributed by atoms with Crippen LogP contribution < -0.4 is 19.7 Å². The number of anilines is 2. The fourth-order valence-electron chi connectivity index (χ4n) is 3.13. The molecule has 6 nitrogen and oxygen atoms in total. The van der Waals surface area contributed by atoms with Crippen LogP contribution in [0.25, 0.3) is 0 Å². The van der Waals surface area contributed by atoms with E-state index in [1.54, 1.807) is 12.1 Å². The number of nitrogens with zero attached hydrogens (tertiary/aromatic N) is 1. The largest absolute Gasteiger partial charge is 0.435 e. The first-order chi connectivity index (χ1) is 13.3. The molecule has 1 aliphatic heterocycles. The van der Waals surface area contributed by atoms with E-state index < -0.39 is 16.6 Å². The van der Waals surface area contributed by atoms with Gasteiger partial charge in [-0.05, 0) is 49.7 Å². The molecule has 0 atom stereocenters. The van der Waals surface area contributed by atoms with Crippen LogP contribution in [-0.2, 0) is 10.0 Å². The molecule has 1 fully saturated rings. The molecule has 2 N–H and O–H groups in total. The van der Waals surface area contributed by atoms with Gasteiger partial charge in [0.25, 0.3) is 10.0 Å². The quantitative estimate of drug-likeness (QED) is 0.764. The Hall–Kier alpha value is -2.39. The Morgan fingerprint density at radius 3 is 2.75 bits per heavy atom. The number of benzene rings is 2. The smallest absolute Gasteiger partial charge is 0.387 e. The van der Waals surface area contributed by atoms with E-state index in [9.17, 15) is 17.2 Å². The second-order valence-corrected chi connectivity index (χ2v) is 8.23. The number of ether oxygens (including phenoxy) is 1. The molecule has 0 radical (unpaired) electrons. The molecule has 2 aromatic carbocycles. The maximum Gasteiger partial charge on any atom is 0.387 e. The maximum absolute atomic E-state index is 12.7. The van der Waals surface area contributed by atoms with Crippen molar-refractivity contribution in [3.63, 3.8) is 0 Å². The molecule has 9 heteroatoms. The van der Waals surface area contributed by atoms with E-state index in [1.807, 2.05) is 13.0 Å². The van der Waals surface area contributed by atoms with E-state index >= 15 is 0 Å². The number of hydrogen-bond acceptors (Lipinski definition) is 5. The van der Waals surface area contributed by atoms with E-state index in [0.717, 1.165) is 49.9 Å². The van der Waals surface area contributed by atoms with Crippen LogP contribution in [0.2, 0.25) is 0 Å². The molecule has 0 unspecified atom stereocenters. The van der Waals surface area contributed by atoms with Gasteiger partial charge in [-0.25, -0.2) is 8.42 Å². The molecule has 0 aliphatic carbocycles. The van der Waals surface area contributed by atoms with Crippen molar-refractivity contribution >= 4 is 21.4 Å². The summed E-state index contributed by atoms with van der Waals surface area (Å²) in [6, 6.07) is 10.4. The van der Waals surface area contributed by atoms with Crippen LogP contribution in [0.1, 0.15) is 12.0 Å². The van der Waals surface area contributed by atoms with Crippen molar-refractivity contribution in [3.05, 3.63) is 48.0 Å². The number of hydrogen-bond donors (Lipinski definition) is 2. The summed E-state index contributed by atoms with van der Waals surface area (Å²) in [6.07, 6.45) is 1.01. The molecule has 152 valence electrons. The van der Waals surface area contributed by atoms with E-state index in [2.05, 4.69) is 19.7 Å². The third-order valence-corrected chi connectivity index (χ3v) is 5.86. The summed E-state index contributed by atoms with van der Waals surface area (Å²) < 4.78 is 57.0. The van der Waals surface area contributed by atoms with Gasteiger partial charge < -0.3 is 15.0 Å². The molecule has 2 aromatic rings. The van der Waals surface area contributed by atoms with Crippen LogP contribution in [0.4, 0.5) is 20.2 Å². The second-order valence-electron chi connectivity index (χ2n) is 6.55. The van der Waals surface area contributed by atoms with Gasteiger partial charge in [0.05, 0.1) is 10.6 Å². The van der Waals surface area contributed by atoms with Gasteiger partial charge in [-0.15, -0.1) is 0 Å². The highest BCUT2D eigenvalue weighted by Gasteiger charge is 2.18. The van der Waals surface area contributed by atoms with E-state index in [0.29, 0.717) is 5.69 Å². The topological polar surface area (TPSA) is 70.7 Å². The SMILES string of the molecule is Cc1ccc(NS(=O)(=O)c2cccc(OC(F)F)c2)cc1N1CCCNCC1. The summed E-state index contributed by atoms with van der Waals surface area (Å²) in [5, 5.41) is 3.34. The molecule has 28 heavy (non-hydrogen) atoms. The van der Waals surface area contributed by atoms with Gasteiger partial charge in [0, 0.05) is 31.4 Å². The van der Waals surface area contributed by atoms with Crippen LogP contribution in [0.15, 0.2) is 47.4 Å². The highest BCUT2D eigenvalue weighted by atomic mass is 32.2. The number of halogens is 2. The summed E-state index contributed by atoms with van der Waals surface area (Å²) in [5.41, 5.74) is 2.44. The second kappa shape index (κ2) is 8.74. The zero-order valence-electron chi connectivity index (χ0n) is 15.5. The van der Waals surface area contributed by atoms with Gasteiger partial charge in [0.2, 0.25) is 0 Å². The van der Waals surface area contributed by atoms with Crippen LogP contribution in [0, 0.1) is 6.92 Å². The zero-order valence-corrected chi connectivity index (χ0v) is 16.3. The third kappa shape index (κ3) is 5.11. The first-order valence-electron chi connectivity index (χ1n) is 8.99. The fourth-order valence-corrected chi connectivity index (χ4v) is 4.22. The summed E-state index contributed by atoms with van der Waals surface area (Å²) >= 11 is 0. The predicted octanol–water partition coefficient (Wildman–Crippen LogP) is 3.20. The normalized spacial score (nSPS) is 15.4. The van der Waals surface area contributed by atoms with E-state index in [1.165, 1.54) is 18.2 Å². The van der Waals surface area contributed by atoms with Gasteiger partial charge in [0.1, 0.15) is 5.75 Å². The van der Waals surface area contributed by atoms with Crippen molar-refractivity contribution in [2.75, 3.05) is 35.8 Å². The predicted molar refractivity (Wildman–Crippen MR) is 105 cm³/mol. The molecular formula is C19H23F2N3O3S. The summed E-state index contributed by atoms with van der Waals surface area (Å²) in [5.74, 6) is -0.209. The molecular weight excluding hydrogens is 388 g/mol. The Labute approximate surface area is 163 Å². The van der Waals surface area contributed by atoms with Crippen molar-refractivity contribution in [2.24, 2.45) is 0 Å². The fraction of sp³-hybridized carbons (Fsp3) is 0.368. The molecule has 0 spiro atoms. The van der Waals surface area contributed by atoms with Crippen molar-refractivity contribution in [1.82, 2.24) is 5.32 Å². The standard InChI is InChI=1S/C19H23F2N3O3S/c1-14-6-7-15(12-18(14)24-10-3-8-22-9-11-24)23-28(25,26)17-5-2-4-16(13-17)27-19(20)21/h2,4-7,12-13,19,22-23H,3,8-11H2,1H3. The van der Waals surface area contributed by atoms with Crippen LogP contribution in [-0.4, -0.2) is 41.2 Å². The lowest BCUT2D eigenvalue weighted by Gasteiger charge is -2.25. The van der Waals surface area contributed by atoms with Gasteiger partial charge in [0.15, 0.2) is 0 Å². The summed E-state index contributed by atoms with van der Waals surface area (Å²) in [6.45, 7) is 2.51. The maximum atomic E-state index is 12.7. The van der Waals surface area contributed by atoms with Crippen LogP contribution in [0.3, 0.4) is 0 Å². The van der Waals surface area contributed by atoms with Crippen LogP contribution >= 0.6 is 0 Å². The zero-order chi connectivity index (χ0) is 20.1. The van der Waals surface area contributed by atoms with Gasteiger partial charge in [-0.1, -0.05) is 12.1 Å². The Balaban J connectivity index is 1.83. The van der Waals surface area contributed by atoms with Crippen molar-refractivity contribution in [3.8, 4) is 5.75 Å². The average Bonchev–Trinajstić information content (AvgIpc) is 2.92. The Kier molecular flexibility index (Phi) is 6.35. The molecule has 0 saturated carbocycles. The lowest BCUT2D eigenvalue weighted by atomic mass is 10.1. The van der Waals surface area contributed by atoms with Gasteiger partial charge in [-0.2, -0.15) is 8.78 Å². The highest BCUT2D eigenvalue weighted by Crippen LogP contribution is 2.27. The summed E-state index contributed by atoms with van der Waals surface area (Å²) in [7, 11) is -3.94. The lowest BCUT2D eigenvalue weighted by molar-refractivity contribution is -0.0499. The Morgan fingerprint density at radius 2 is 1.96 bits per heavy atom. The number of sulfonamides is 1. The number of aryl methyl sites for hydroxylation is 1. The summed E-state index contributed by atoms with van der Waals surface area (Å²) in [4.78, 5) is 2.08. The number of rotatable bonds is 6. The Morgan fingerprint density at radius 1 is 1.14 bits per heavy atom. The van der Waals surface area contributed by atoms with Crippen molar-refractivity contribution in [1.29, 1.82) is 0 Å². The van der Waals surface area contributed by atoms with Crippen molar-refractivity contribution in [2.45, 2.75) is 24.9 Å². The first-order valence-corrected chi connectivity index (χ1v) is 10.5.